The number of benzene rings is 1. The fraction of sp³-hybridized carbons (Fsp3) is 0.529. The van der Waals surface area contributed by atoms with Crippen LogP contribution in [0.5, 0.6) is 0 Å². The third kappa shape index (κ3) is 6.43. The number of nitrogens with one attached hydrogen (secondary N) is 2. The minimum Gasteiger partial charge on any atom is -0.338 e. The molecule has 21 heavy (non-hydrogen) atoms. The molecule has 0 aliphatic carbocycles. The summed E-state index contributed by atoms with van der Waals surface area (Å²) in [7, 11) is 0. The van der Waals surface area contributed by atoms with Gasteiger partial charge in [-0.2, -0.15) is 0 Å². The quantitative estimate of drug-likeness (QED) is 0.704. The van der Waals surface area contributed by atoms with E-state index in [4.69, 9.17) is 0 Å². The molecule has 4 heteroatoms. The average molecular weight is 290 g/mol. The Morgan fingerprint density at radius 1 is 1.14 bits per heavy atom. The minimum atomic E-state index is -0.194. The molecule has 0 aromatic heterocycles. The van der Waals surface area contributed by atoms with Crippen LogP contribution in [0.1, 0.15) is 56.8 Å². The molecule has 0 aliphatic heterocycles. The Balaban J connectivity index is 2.40. The van der Waals surface area contributed by atoms with Crippen LogP contribution in [0.3, 0.4) is 0 Å². The molecule has 0 fully saturated rings. The van der Waals surface area contributed by atoms with Gasteiger partial charge in [0.2, 0.25) is 0 Å². The van der Waals surface area contributed by atoms with E-state index >= 15 is 0 Å². The Morgan fingerprint density at radius 3 is 2.33 bits per heavy atom. The lowest BCUT2D eigenvalue weighted by molar-refractivity contribution is 0.101. The average Bonchev–Trinajstić information content (AvgIpc) is 2.48. The molecule has 1 aromatic carbocycles. The van der Waals surface area contributed by atoms with Gasteiger partial charge in [-0.3, -0.25) is 4.79 Å². The Labute approximate surface area is 127 Å². The molecule has 1 unspecified atom stereocenters. The normalized spacial score (nSPS) is 11.8. The molecule has 0 heterocycles. The first-order valence-corrected chi connectivity index (χ1v) is 7.72. The monoisotopic (exact) mass is 290 g/mol. The maximum absolute atomic E-state index is 11.8. The van der Waals surface area contributed by atoms with Crippen LogP contribution in [0.15, 0.2) is 24.3 Å². The van der Waals surface area contributed by atoms with Gasteiger partial charge in [-0.25, -0.2) is 4.79 Å². The molecule has 2 amide bonds. The molecular weight excluding hydrogens is 264 g/mol. The molecule has 1 rings (SSSR count). The highest BCUT2D eigenvalue weighted by molar-refractivity contribution is 5.95. The third-order valence-corrected chi connectivity index (χ3v) is 3.64. The van der Waals surface area contributed by atoms with Crippen LogP contribution in [0.4, 0.5) is 10.5 Å². The molecule has 2 N–H and O–H groups in total. The van der Waals surface area contributed by atoms with Crippen LogP contribution < -0.4 is 10.6 Å². The maximum atomic E-state index is 11.8. The Hall–Kier alpha value is -1.84. The number of anilines is 1. The summed E-state index contributed by atoms with van der Waals surface area (Å²) in [6.07, 6.45) is 4.62. The van der Waals surface area contributed by atoms with E-state index in [2.05, 4.69) is 24.5 Å². The largest absolute Gasteiger partial charge is 0.338 e. The molecule has 0 spiro atoms. The lowest BCUT2D eigenvalue weighted by atomic mass is 9.99. The summed E-state index contributed by atoms with van der Waals surface area (Å²) < 4.78 is 0. The van der Waals surface area contributed by atoms with Gasteiger partial charge < -0.3 is 10.6 Å². The first kappa shape index (κ1) is 17.2. The molecule has 0 saturated heterocycles. The van der Waals surface area contributed by atoms with Gasteiger partial charge in [0.1, 0.15) is 0 Å². The fourth-order valence-electron chi connectivity index (χ4n) is 2.14. The van der Waals surface area contributed by atoms with E-state index in [1.54, 1.807) is 24.3 Å². The summed E-state index contributed by atoms with van der Waals surface area (Å²) in [6, 6.07) is 6.72. The van der Waals surface area contributed by atoms with Gasteiger partial charge in [-0.1, -0.05) is 33.1 Å². The zero-order valence-electron chi connectivity index (χ0n) is 13.2. The van der Waals surface area contributed by atoms with Crippen molar-refractivity contribution in [2.24, 2.45) is 5.92 Å². The van der Waals surface area contributed by atoms with Crippen molar-refractivity contribution >= 4 is 17.5 Å². The highest BCUT2D eigenvalue weighted by Crippen LogP contribution is 2.12. The van der Waals surface area contributed by atoms with Gasteiger partial charge in [-0.15, -0.1) is 0 Å². The van der Waals surface area contributed by atoms with Crippen molar-refractivity contribution in [3.63, 3.8) is 0 Å². The van der Waals surface area contributed by atoms with Gasteiger partial charge in [0.05, 0.1) is 0 Å². The summed E-state index contributed by atoms with van der Waals surface area (Å²) in [5.41, 5.74) is 1.34. The van der Waals surface area contributed by atoms with E-state index in [0.717, 1.165) is 12.8 Å². The van der Waals surface area contributed by atoms with Crippen LogP contribution in [0, 0.1) is 5.92 Å². The molecule has 0 saturated carbocycles. The van der Waals surface area contributed by atoms with Gasteiger partial charge in [0.25, 0.3) is 0 Å². The minimum absolute atomic E-state index is 0.0210. The lowest BCUT2D eigenvalue weighted by Crippen LogP contribution is -2.33. The maximum Gasteiger partial charge on any atom is 0.319 e. The van der Waals surface area contributed by atoms with E-state index < -0.39 is 0 Å². The lowest BCUT2D eigenvalue weighted by Gasteiger charge is -2.15. The summed E-state index contributed by atoms with van der Waals surface area (Å²) in [6.45, 7) is 6.56. The van der Waals surface area contributed by atoms with Crippen molar-refractivity contribution in [1.82, 2.24) is 5.32 Å². The zero-order valence-corrected chi connectivity index (χ0v) is 13.2. The molecule has 0 bridgehead atoms. The molecule has 0 radical (unpaired) electrons. The van der Waals surface area contributed by atoms with Crippen molar-refractivity contribution in [3.8, 4) is 0 Å². The second-order valence-corrected chi connectivity index (χ2v) is 5.39. The zero-order chi connectivity index (χ0) is 15.7. The number of hydrogen-bond acceptors (Lipinski definition) is 2. The number of carbonyl (C=O) groups excluding carboxylic acids is 2. The van der Waals surface area contributed by atoms with E-state index in [-0.39, 0.29) is 11.8 Å². The standard InChI is InChI=1S/C17H26N2O2/c1-4-6-7-14(5-2)12-18-17(21)19-16-10-8-15(9-11-16)13(3)20/h8-11,14H,4-7,12H2,1-3H3,(H2,18,19,21). The third-order valence-electron chi connectivity index (χ3n) is 3.64. The number of Topliss-reactive ketones (excluding diaryl/α,β-unsaturated/α-hetero) is 1. The first-order chi connectivity index (χ1) is 10.1. The first-order valence-electron chi connectivity index (χ1n) is 7.72. The second kappa shape index (κ2) is 9.16. The molecule has 4 nitrogen and oxygen atoms in total. The predicted molar refractivity (Wildman–Crippen MR) is 86.8 cm³/mol. The van der Waals surface area contributed by atoms with Crippen LogP contribution in [0.2, 0.25) is 0 Å². The summed E-state index contributed by atoms with van der Waals surface area (Å²) in [4.78, 5) is 23.0. The summed E-state index contributed by atoms with van der Waals surface area (Å²) >= 11 is 0. The van der Waals surface area contributed by atoms with Crippen LogP contribution in [-0.2, 0) is 0 Å². The molecule has 0 aliphatic rings. The highest BCUT2D eigenvalue weighted by atomic mass is 16.2. The predicted octanol–water partition coefficient (Wildman–Crippen LogP) is 4.23. The number of urea groups is 1. The summed E-state index contributed by atoms with van der Waals surface area (Å²) in [5, 5.41) is 5.69. The van der Waals surface area contributed by atoms with Gasteiger partial charge >= 0.3 is 6.03 Å². The molecule has 1 aromatic rings. The topological polar surface area (TPSA) is 58.2 Å². The van der Waals surface area contributed by atoms with Crippen molar-refractivity contribution in [2.45, 2.75) is 46.5 Å². The van der Waals surface area contributed by atoms with E-state index in [9.17, 15) is 9.59 Å². The Morgan fingerprint density at radius 2 is 1.81 bits per heavy atom. The SMILES string of the molecule is CCCCC(CC)CNC(=O)Nc1ccc(C(C)=O)cc1. The van der Waals surface area contributed by atoms with Crippen molar-refractivity contribution in [3.05, 3.63) is 29.8 Å². The van der Waals surface area contributed by atoms with Gasteiger partial charge in [0, 0.05) is 17.8 Å². The van der Waals surface area contributed by atoms with Gasteiger partial charge in [0.15, 0.2) is 5.78 Å². The Kier molecular flexibility index (Phi) is 7.51. The highest BCUT2D eigenvalue weighted by Gasteiger charge is 2.08. The number of rotatable bonds is 8. The summed E-state index contributed by atoms with van der Waals surface area (Å²) in [5.74, 6) is 0.559. The van der Waals surface area contributed by atoms with E-state index in [1.165, 1.54) is 19.8 Å². The number of ketones is 1. The van der Waals surface area contributed by atoms with Crippen molar-refractivity contribution in [2.75, 3.05) is 11.9 Å². The van der Waals surface area contributed by atoms with Crippen molar-refractivity contribution in [1.29, 1.82) is 0 Å². The molecular formula is C17H26N2O2. The van der Waals surface area contributed by atoms with Crippen molar-refractivity contribution < 1.29 is 9.59 Å². The van der Waals surface area contributed by atoms with Crippen LogP contribution in [-0.4, -0.2) is 18.4 Å². The van der Waals surface area contributed by atoms with E-state index in [0.29, 0.717) is 23.7 Å². The van der Waals surface area contributed by atoms with Gasteiger partial charge in [-0.05, 0) is 43.5 Å². The van der Waals surface area contributed by atoms with E-state index in [1.807, 2.05) is 0 Å². The number of amides is 2. The second-order valence-electron chi connectivity index (χ2n) is 5.39. The number of unbranched alkanes of at least 4 members (excludes halogenated alkanes) is 1. The van der Waals surface area contributed by atoms with Crippen LogP contribution in [0.25, 0.3) is 0 Å². The number of hydrogen-bond donors (Lipinski definition) is 2. The Bertz CT molecular complexity index is 454. The number of carbonyl (C=O) groups is 2. The smallest absolute Gasteiger partial charge is 0.319 e. The fourth-order valence-corrected chi connectivity index (χ4v) is 2.14. The van der Waals surface area contributed by atoms with Crippen LogP contribution >= 0.6 is 0 Å². The molecule has 1 atom stereocenters. The molecule has 116 valence electrons.